The fourth-order valence-electron chi connectivity index (χ4n) is 1.84. The third-order valence-electron chi connectivity index (χ3n) is 2.62. The summed E-state index contributed by atoms with van der Waals surface area (Å²) in [6, 6.07) is 10.3. The van der Waals surface area contributed by atoms with E-state index in [0.29, 0.717) is 5.82 Å². The number of phenolic OH excluding ortho intramolecular Hbond substituents is 1. The van der Waals surface area contributed by atoms with E-state index in [9.17, 15) is 10.2 Å². The van der Waals surface area contributed by atoms with E-state index in [1.54, 1.807) is 47.1 Å². The van der Waals surface area contributed by atoms with Gasteiger partial charge < -0.3 is 10.2 Å². The molecule has 2 N–H and O–H groups in total. The number of phenols is 1. The van der Waals surface area contributed by atoms with E-state index in [0.717, 1.165) is 11.1 Å². The number of aromatic hydroxyl groups is 2. The van der Waals surface area contributed by atoms with Crippen LogP contribution in [-0.4, -0.2) is 19.6 Å². The normalized spacial score (nSPS) is 10.8. The minimum absolute atomic E-state index is 0.178. The van der Waals surface area contributed by atoms with E-state index >= 15 is 0 Å². The van der Waals surface area contributed by atoms with Gasteiger partial charge in [-0.15, -0.1) is 0 Å². The van der Waals surface area contributed by atoms with Gasteiger partial charge in [0.25, 0.3) is 0 Å². The monoisotopic (exact) mass is 226 g/mol. The maximum Gasteiger partial charge on any atom is 0.144 e. The molecule has 1 aromatic carbocycles. The average molecular weight is 226 g/mol. The lowest BCUT2D eigenvalue weighted by molar-refractivity contribution is 0.472. The molecule has 0 amide bonds. The molecule has 4 heteroatoms. The Kier molecular flexibility index (Phi) is 2.01. The molecule has 0 atom stereocenters. The van der Waals surface area contributed by atoms with Gasteiger partial charge in [-0.25, -0.2) is 4.98 Å². The number of hydrogen-bond donors (Lipinski definition) is 2. The van der Waals surface area contributed by atoms with Gasteiger partial charge in [0.15, 0.2) is 0 Å². The first-order valence-corrected chi connectivity index (χ1v) is 5.19. The van der Waals surface area contributed by atoms with E-state index in [1.165, 1.54) is 0 Å². The fourth-order valence-corrected chi connectivity index (χ4v) is 1.84. The molecule has 0 fully saturated rings. The summed E-state index contributed by atoms with van der Waals surface area (Å²) in [6.45, 7) is 0. The molecule has 3 rings (SSSR count). The summed E-state index contributed by atoms with van der Waals surface area (Å²) in [5, 5.41) is 18.9. The van der Waals surface area contributed by atoms with Gasteiger partial charge in [0.1, 0.15) is 17.3 Å². The summed E-state index contributed by atoms with van der Waals surface area (Å²) in [5.41, 5.74) is 1.69. The topological polar surface area (TPSA) is 57.8 Å². The van der Waals surface area contributed by atoms with Crippen LogP contribution in [-0.2, 0) is 0 Å². The molecule has 0 bridgehead atoms. The van der Waals surface area contributed by atoms with Gasteiger partial charge in [-0.2, -0.15) is 0 Å². The van der Waals surface area contributed by atoms with Crippen molar-refractivity contribution in [2.75, 3.05) is 0 Å². The molecule has 2 aromatic heterocycles. The first kappa shape index (κ1) is 9.72. The summed E-state index contributed by atoms with van der Waals surface area (Å²) in [6.07, 6.45) is 3.32. The quantitative estimate of drug-likeness (QED) is 0.670. The van der Waals surface area contributed by atoms with Gasteiger partial charge in [-0.1, -0.05) is 12.1 Å². The number of rotatable bonds is 1. The lowest BCUT2D eigenvalue weighted by Crippen LogP contribution is -1.88. The zero-order valence-electron chi connectivity index (χ0n) is 8.91. The fraction of sp³-hybridized carbons (Fsp3) is 0. The highest BCUT2D eigenvalue weighted by molar-refractivity contribution is 5.64. The van der Waals surface area contributed by atoms with Crippen molar-refractivity contribution in [2.24, 2.45) is 0 Å². The first-order chi connectivity index (χ1) is 8.24. The SMILES string of the molecule is Oc1cccc(-c2ncc3ccc(O)cn23)c1. The number of benzene rings is 1. The molecule has 4 nitrogen and oxygen atoms in total. The number of nitrogens with zero attached hydrogens (tertiary/aromatic N) is 2. The summed E-state index contributed by atoms with van der Waals surface area (Å²) in [7, 11) is 0. The zero-order valence-corrected chi connectivity index (χ0v) is 8.91. The van der Waals surface area contributed by atoms with Crippen LogP contribution in [0.25, 0.3) is 16.9 Å². The summed E-state index contributed by atoms with van der Waals surface area (Å²) < 4.78 is 1.78. The largest absolute Gasteiger partial charge is 0.508 e. The summed E-state index contributed by atoms with van der Waals surface area (Å²) in [5.74, 6) is 1.06. The van der Waals surface area contributed by atoms with Gasteiger partial charge in [-0.3, -0.25) is 4.40 Å². The highest BCUT2D eigenvalue weighted by Crippen LogP contribution is 2.24. The Labute approximate surface area is 97.4 Å². The lowest BCUT2D eigenvalue weighted by Gasteiger charge is -2.02. The van der Waals surface area contributed by atoms with Crippen molar-refractivity contribution < 1.29 is 10.2 Å². The lowest BCUT2D eigenvalue weighted by atomic mass is 10.2. The van der Waals surface area contributed by atoms with E-state index < -0.39 is 0 Å². The smallest absolute Gasteiger partial charge is 0.144 e. The molecule has 0 saturated carbocycles. The Morgan fingerprint density at radius 1 is 1.00 bits per heavy atom. The average Bonchev–Trinajstić information content (AvgIpc) is 2.71. The minimum Gasteiger partial charge on any atom is -0.508 e. The van der Waals surface area contributed by atoms with Gasteiger partial charge in [0, 0.05) is 5.56 Å². The second kappa shape index (κ2) is 3.52. The first-order valence-electron chi connectivity index (χ1n) is 5.19. The highest BCUT2D eigenvalue weighted by atomic mass is 16.3. The Balaban J connectivity index is 2.27. The molecule has 0 saturated heterocycles. The molecule has 0 spiro atoms. The molecule has 3 aromatic rings. The van der Waals surface area contributed by atoms with Gasteiger partial charge in [0.05, 0.1) is 17.9 Å². The Hall–Kier alpha value is -2.49. The van der Waals surface area contributed by atoms with E-state index in [4.69, 9.17) is 0 Å². The van der Waals surface area contributed by atoms with Crippen LogP contribution < -0.4 is 0 Å². The van der Waals surface area contributed by atoms with Crippen molar-refractivity contribution in [1.82, 2.24) is 9.38 Å². The van der Waals surface area contributed by atoms with Crippen molar-refractivity contribution >= 4 is 5.52 Å². The van der Waals surface area contributed by atoms with Crippen LogP contribution in [0.2, 0.25) is 0 Å². The molecule has 0 radical (unpaired) electrons. The molecule has 0 unspecified atom stereocenters. The third-order valence-corrected chi connectivity index (χ3v) is 2.62. The van der Waals surface area contributed by atoms with Crippen LogP contribution >= 0.6 is 0 Å². The van der Waals surface area contributed by atoms with Gasteiger partial charge in [-0.05, 0) is 24.3 Å². The Bertz CT molecular complexity index is 689. The molecule has 0 aliphatic rings. The van der Waals surface area contributed by atoms with Gasteiger partial charge >= 0.3 is 0 Å². The predicted octanol–water partition coefficient (Wildman–Crippen LogP) is 2.41. The second-order valence-electron chi connectivity index (χ2n) is 3.81. The molecule has 0 aliphatic heterocycles. The number of imidazole rings is 1. The summed E-state index contributed by atoms with van der Waals surface area (Å²) >= 11 is 0. The van der Waals surface area contributed by atoms with Crippen LogP contribution in [0.15, 0.2) is 48.8 Å². The minimum atomic E-state index is 0.178. The Morgan fingerprint density at radius 2 is 1.88 bits per heavy atom. The maximum atomic E-state index is 9.48. The third kappa shape index (κ3) is 1.59. The number of pyridine rings is 1. The second-order valence-corrected chi connectivity index (χ2v) is 3.81. The van der Waals surface area contributed by atoms with E-state index in [-0.39, 0.29) is 11.5 Å². The van der Waals surface area contributed by atoms with E-state index in [2.05, 4.69) is 4.98 Å². The predicted molar refractivity (Wildman–Crippen MR) is 64.0 cm³/mol. The molecule has 0 aliphatic carbocycles. The standard InChI is InChI=1S/C13H10N2O2/c16-11-3-1-2-9(6-11)13-14-7-10-4-5-12(17)8-15(10)13/h1-8,16-17H. The van der Waals surface area contributed by atoms with Crippen molar-refractivity contribution in [2.45, 2.75) is 0 Å². The molecular weight excluding hydrogens is 216 g/mol. The van der Waals surface area contributed by atoms with Crippen LogP contribution in [0.1, 0.15) is 0 Å². The number of fused-ring (bicyclic) bond motifs is 1. The van der Waals surface area contributed by atoms with Crippen LogP contribution in [0.3, 0.4) is 0 Å². The molecule has 2 heterocycles. The number of hydrogen-bond acceptors (Lipinski definition) is 3. The summed E-state index contributed by atoms with van der Waals surface area (Å²) in [4.78, 5) is 4.29. The van der Waals surface area contributed by atoms with E-state index in [1.807, 2.05) is 6.07 Å². The molecule has 84 valence electrons. The molecular formula is C13H10N2O2. The van der Waals surface area contributed by atoms with Crippen LogP contribution in [0.4, 0.5) is 0 Å². The van der Waals surface area contributed by atoms with Crippen molar-refractivity contribution in [3.63, 3.8) is 0 Å². The Morgan fingerprint density at radius 3 is 2.71 bits per heavy atom. The zero-order chi connectivity index (χ0) is 11.8. The molecule has 17 heavy (non-hydrogen) atoms. The van der Waals surface area contributed by atoms with Crippen LogP contribution in [0, 0.1) is 0 Å². The van der Waals surface area contributed by atoms with Crippen molar-refractivity contribution in [1.29, 1.82) is 0 Å². The highest BCUT2D eigenvalue weighted by Gasteiger charge is 2.07. The van der Waals surface area contributed by atoms with Crippen LogP contribution in [0.5, 0.6) is 11.5 Å². The van der Waals surface area contributed by atoms with Crippen molar-refractivity contribution in [3.05, 3.63) is 48.8 Å². The number of aromatic nitrogens is 2. The van der Waals surface area contributed by atoms with Crippen molar-refractivity contribution in [3.8, 4) is 22.9 Å². The van der Waals surface area contributed by atoms with Gasteiger partial charge in [0.2, 0.25) is 0 Å². The maximum absolute atomic E-state index is 9.48.